The highest BCUT2D eigenvalue weighted by Crippen LogP contribution is 2.21. The Balaban J connectivity index is 2.26. The average molecular weight is 376 g/mol. The number of carbonyl (C=O) groups excluding carboxylic acids is 2. The molecule has 0 aromatic rings. The van der Waals surface area contributed by atoms with Gasteiger partial charge in [-0.15, -0.1) is 0 Å². The van der Waals surface area contributed by atoms with Crippen molar-refractivity contribution in [2.75, 3.05) is 7.11 Å². The van der Waals surface area contributed by atoms with Gasteiger partial charge in [-0.1, -0.05) is 62.3 Å². The van der Waals surface area contributed by atoms with Gasteiger partial charge in [-0.25, -0.2) is 4.79 Å². The van der Waals surface area contributed by atoms with Crippen LogP contribution in [0.3, 0.4) is 0 Å². The topological polar surface area (TPSA) is 61.8 Å². The second-order valence-corrected chi connectivity index (χ2v) is 6.36. The fraction of sp³-hybridized carbons (Fsp3) is 0.545. The summed E-state index contributed by atoms with van der Waals surface area (Å²) < 4.78 is 14.9. The summed E-state index contributed by atoms with van der Waals surface area (Å²) in [6.07, 6.45) is 21.9. The van der Waals surface area contributed by atoms with E-state index in [4.69, 9.17) is 9.47 Å². The third-order valence-electron chi connectivity index (χ3n) is 4.13. The molecule has 0 bridgehead atoms. The van der Waals surface area contributed by atoms with Crippen molar-refractivity contribution >= 4 is 12.1 Å². The maximum Gasteiger partial charge on any atom is 0.509 e. The van der Waals surface area contributed by atoms with Crippen LogP contribution in [0.25, 0.3) is 0 Å². The van der Waals surface area contributed by atoms with Gasteiger partial charge in [0, 0.05) is 6.42 Å². The van der Waals surface area contributed by atoms with Crippen LogP contribution in [0.1, 0.15) is 58.3 Å². The molecule has 0 aromatic carbocycles. The molecule has 1 saturated heterocycles. The number of hydrogen-bond acceptors (Lipinski definition) is 5. The summed E-state index contributed by atoms with van der Waals surface area (Å²) in [5, 5.41) is 0. The van der Waals surface area contributed by atoms with Crippen molar-refractivity contribution in [3.63, 3.8) is 0 Å². The number of rotatable bonds is 13. The Bertz CT molecular complexity index is 545. The Kier molecular flexibility index (Phi) is 12.5. The molecule has 0 radical (unpaired) electrons. The molecule has 0 aromatic heterocycles. The Morgan fingerprint density at radius 3 is 2.63 bits per heavy atom. The summed E-state index contributed by atoms with van der Waals surface area (Å²) in [5.41, 5.74) is 0. The summed E-state index contributed by atoms with van der Waals surface area (Å²) in [7, 11) is 1.36. The number of esters is 1. The maximum absolute atomic E-state index is 11.3. The SMILES string of the molecule is CCCCC/C=C/C\C=C/C=C/C=C/[C@@H]1OC(=O)O[C@@H]1CCCC(=O)OC. The molecular weight excluding hydrogens is 344 g/mol. The van der Waals surface area contributed by atoms with Gasteiger partial charge in [0.15, 0.2) is 6.10 Å². The number of unbranched alkanes of at least 4 members (excludes halogenated alkanes) is 3. The fourth-order valence-corrected chi connectivity index (χ4v) is 2.61. The largest absolute Gasteiger partial charge is 0.509 e. The highest BCUT2D eigenvalue weighted by molar-refractivity contribution is 5.69. The molecule has 2 atom stereocenters. The van der Waals surface area contributed by atoms with Gasteiger partial charge in [0.05, 0.1) is 7.11 Å². The zero-order valence-corrected chi connectivity index (χ0v) is 16.5. The van der Waals surface area contributed by atoms with Crippen molar-refractivity contribution < 1.29 is 23.8 Å². The van der Waals surface area contributed by atoms with Gasteiger partial charge >= 0.3 is 12.1 Å². The van der Waals surface area contributed by atoms with E-state index in [9.17, 15) is 9.59 Å². The molecular formula is C22H32O5. The lowest BCUT2D eigenvalue weighted by Gasteiger charge is -2.11. The summed E-state index contributed by atoms with van der Waals surface area (Å²) in [5.74, 6) is -0.266. The van der Waals surface area contributed by atoms with Crippen LogP contribution in [-0.2, 0) is 19.0 Å². The first kappa shape index (κ1) is 22.7. The Morgan fingerprint density at radius 2 is 1.85 bits per heavy atom. The highest BCUT2D eigenvalue weighted by Gasteiger charge is 2.34. The first-order chi connectivity index (χ1) is 13.2. The van der Waals surface area contributed by atoms with E-state index in [2.05, 4.69) is 29.9 Å². The zero-order chi connectivity index (χ0) is 19.7. The zero-order valence-electron chi connectivity index (χ0n) is 16.5. The molecule has 0 saturated carbocycles. The molecule has 0 spiro atoms. The van der Waals surface area contributed by atoms with Crippen molar-refractivity contribution in [3.8, 4) is 0 Å². The molecule has 5 heteroatoms. The Morgan fingerprint density at radius 1 is 1.04 bits per heavy atom. The first-order valence-electron chi connectivity index (χ1n) is 9.76. The predicted octanol–water partition coefficient (Wildman–Crippen LogP) is 5.43. The van der Waals surface area contributed by atoms with E-state index in [0.29, 0.717) is 19.3 Å². The molecule has 1 fully saturated rings. The van der Waals surface area contributed by atoms with E-state index in [1.807, 2.05) is 24.3 Å². The minimum Gasteiger partial charge on any atom is -0.469 e. The average Bonchev–Trinajstić information content (AvgIpc) is 3.01. The van der Waals surface area contributed by atoms with Crippen LogP contribution in [0.5, 0.6) is 0 Å². The Labute approximate surface area is 162 Å². The summed E-state index contributed by atoms with van der Waals surface area (Å²) in [6.45, 7) is 2.21. The molecule has 1 aliphatic heterocycles. The van der Waals surface area contributed by atoms with Gasteiger partial charge in [-0.3, -0.25) is 4.79 Å². The van der Waals surface area contributed by atoms with Gasteiger partial charge in [-0.2, -0.15) is 0 Å². The number of cyclic esters (lactones) is 2. The van der Waals surface area contributed by atoms with E-state index >= 15 is 0 Å². The van der Waals surface area contributed by atoms with E-state index in [1.54, 1.807) is 6.08 Å². The lowest BCUT2D eigenvalue weighted by Crippen LogP contribution is -2.20. The highest BCUT2D eigenvalue weighted by atomic mass is 16.8. The molecule has 27 heavy (non-hydrogen) atoms. The standard InChI is InChI=1S/C22H32O5/c1-3-4-5-6-7-8-9-10-11-12-13-14-16-19-20(27-22(24)26-19)17-15-18-21(23)25-2/h7-8,10-14,16,19-20H,3-6,9,15,17-18H2,1-2H3/b8-7+,11-10-,13-12+,16-14+/t19-,20+/m0/s1. The second kappa shape index (κ2) is 14.8. The molecule has 0 aliphatic carbocycles. The van der Waals surface area contributed by atoms with Crippen LogP contribution >= 0.6 is 0 Å². The first-order valence-corrected chi connectivity index (χ1v) is 9.76. The quantitative estimate of drug-likeness (QED) is 0.186. The third-order valence-corrected chi connectivity index (χ3v) is 4.13. The molecule has 1 rings (SSSR count). The number of allylic oxidation sites excluding steroid dienone is 7. The fourth-order valence-electron chi connectivity index (χ4n) is 2.61. The van der Waals surface area contributed by atoms with Crippen LogP contribution in [0.15, 0.2) is 48.6 Å². The van der Waals surface area contributed by atoms with Crippen LogP contribution < -0.4 is 0 Å². The van der Waals surface area contributed by atoms with E-state index < -0.39 is 12.3 Å². The molecule has 0 amide bonds. The Hall–Kier alpha value is -2.30. The number of hydrogen-bond donors (Lipinski definition) is 0. The molecule has 150 valence electrons. The second-order valence-electron chi connectivity index (χ2n) is 6.36. The summed E-state index contributed by atoms with van der Waals surface area (Å²) in [4.78, 5) is 22.5. The smallest absolute Gasteiger partial charge is 0.469 e. The molecule has 0 N–H and O–H groups in total. The molecule has 5 nitrogen and oxygen atoms in total. The van der Waals surface area contributed by atoms with Crippen LogP contribution in [0.2, 0.25) is 0 Å². The van der Waals surface area contributed by atoms with Crippen molar-refractivity contribution in [3.05, 3.63) is 48.6 Å². The van der Waals surface area contributed by atoms with Crippen molar-refractivity contribution in [2.24, 2.45) is 0 Å². The third kappa shape index (κ3) is 11.1. The van der Waals surface area contributed by atoms with Crippen LogP contribution in [-0.4, -0.2) is 31.4 Å². The monoisotopic (exact) mass is 376 g/mol. The number of ether oxygens (including phenoxy) is 3. The van der Waals surface area contributed by atoms with Gasteiger partial charge in [0.1, 0.15) is 6.10 Å². The lowest BCUT2D eigenvalue weighted by atomic mass is 10.1. The lowest BCUT2D eigenvalue weighted by molar-refractivity contribution is -0.140. The predicted molar refractivity (Wildman–Crippen MR) is 106 cm³/mol. The molecule has 1 aliphatic rings. The number of carbonyl (C=O) groups is 2. The van der Waals surface area contributed by atoms with E-state index in [0.717, 1.165) is 12.8 Å². The van der Waals surface area contributed by atoms with Crippen molar-refractivity contribution in [2.45, 2.75) is 70.5 Å². The number of methoxy groups -OCH3 is 1. The van der Waals surface area contributed by atoms with Crippen LogP contribution in [0, 0.1) is 0 Å². The minimum absolute atomic E-state index is 0.266. The van der Waals surface area contributed by atoms with Gasteiger partial charge < -0.3 is 14.2 Å². The van der Waals surface area contributed by atoms with Gasteiger partial charge in [-0.05, 0) is 38.2 Å². The van der Waals surface area contributed by atoms with E-state index in [-0.39, 0.29) is 12.1 Å². The summed E-state index contributed by atoms with van der Waals surface area (Å²) >= 11 is 0. The maximum atomic E-state index is 11.3. The van der Waals surface area contributed by atoms with Crippen molar-refractivity contribution in [1.82, 2.24) is 0 Å². The van der Waals surface area contributed by atoms with Crippen LogP contribution in [0.4, 0.5) is 4.79 Å². The van der Waals surface area contributed by atoms with Gasteiger partial charge in [0.2, 0.25) is 0 Å². The normalized spacial score (nSPS) is 20.1. The molecule has 1 heterocycles. The molecule has 0 unspecified atom stereocenters. The minimum atomic E-state index is -0.665. The van der Waals surface area contributed by atoms with Gasteiger partial charge in [0.25, 0.3) is 0 Å². The summed E-state index contributed by atoms with van der Waals surface area (Å²) in [6, 6.07) is 0. The van der Waals surface area contributed by atoms with E-state index in [1.165, 1.54) is 26.4 Å². The van der Waals surface area contributed by atoms with Crippen molar-refractivity contribution in [1.29, 1.82) is 0 Å².